The van der Waals surface area contributed by atoms with Crippen molar-refractivity contribution in [3.63, 3.8) is 0 Å². The molecule has 2 rings (SSSR count). The highest BCUT2D eigenvalue weighted by Gasteiger charge is 2.25. The van der Waals surface area contributed by atoms with Crippen LogP contribution in [0.3, 0.4) is 0 Å². The van der Waals surface area contributed by atoms with E-state index in [1.54, 1.807) is 11.0 Å². The van der Waals surface area contributed by atoms with Gasteiger partial charge in [0.15, 0.2) is 0 Å². The molecule has 0 bridgehead atoms. The minimum atomic E-state index is -0.102. The highest BCUT2D eigenvalue weighted by molar-refractivity contribution is 5.94. The maximum absolute atomic E-state index is 12.7. The van der Waals surface area contributed by atoms with Crippen molar-refractivity contribution >= 4 is 11.8 Å². The van der Waals surface area contributed by atoms with E-state index in [1.165, 1.54) is 12.5 Å². The average Bonchev–Trinajstić information content (AvgIpc) is 3.31. The van der Waals surface area contributed by atoms with Crippen molar-refractivity contribution in [2.45, 2.75) is 52.1 Å². The second kappa shape index (κ2) is 10.2. The van der Waals surface area contributed by atoms with E-state index in [2.05, 4.69) is 13.8 Å². The summed E-state index contributed by atoms with van der Waals surface area (Å²) < 4.78 is 10.7. The van der Waals surface area contributed by atoms with Crippen molar-refractivity contribution in [3.05, 3.63) is 24.2 Å². The quantitative estimate of drug-likeness (QED) is 0.651. The third-order valence-corrected chi connectivity index (χ3v) is 4.44. The van der Waals surface area contributed by atoms with E-state index in [4.69, 9.17) is 9.15 Å². The van der Waals surface area contributed by atoms with Crippen LogP contribution in [-0.2, 0) is 9.53 Å². The number of hydrogen-bond donors (Lipinski definition) is 0. The second-order valence-electron chi connectivity index (χ2n) is 6.53. The van der Waals surface area contributed by atoms with Gasteiger partial charge >= 0.3 is 0 Å². The lowest BCUT2D eigenvalue weighted by Gasteiger charge is -2.27. The van der Waals surface area contributed by atoms with Crippen LogP contribution < -0.4 is 0 Å². The predicted molar refractivity (Wildman–Crippen MR) is 95.4 cm³/mol. The van der Waals surface area contributed by atoms with Crippen LogP contribution in [0.2, 0.25) is 0 Å². The number of carbonyl (C=O) groups excluding carboxylic acids is 2. The van der Waals surface area contributed by atoms with Crippen molar-refractivity contribution < 1.29 is 18.7 Å². The Morgan fingerprint density at radius 1 is 1.16 bits per heavy atom. The number of nitrogens with zero attached hydrogens (tertiary/aromatic N) is 2. The summed E-state index contributed by atoms with van der Waals surface area (Å²) in [6.45, 7) is 7.37. The number of carbonyl (C=O) groups is 2. The lowest BCUT2D eigenvalue weighted by atomic mass is 10.2. The second-order valence-corrected chi connectivity index (χ2v) is 6.53. The number of furan rings is 1. The molecule has 6 heteroatoms. The van der Waals surface area contributed by atoms with Crippen molar-refractivity contribution in [3.8, 4) is 0 Å². The SMILES string of the molecule is CCCN(CCC)C(=O)CCN(CC1CCCO1)C(=O)c1ccoc1. The van der Waals surface area contributed by atoms with Gasteiger partial charge in [0.05, 0.1) is 17.9 Å². The molecule has 1 saturated heterocycles. The minimum absolute atomic E-state index is 0.0633. The van der Waals surface area contributed by atoms with Crippen LogP contribution >= 0.6 is 0 Å². The van der Waals surface area contributed by atoms with Crippen LogP contribution in [0.5, 0.6) is 0 Å². The molecule has 1 aliphatic heterocycles. The summed E-state index contributed by atoms with van der Waals surface area (Å²) in [6.07, 6.45) is 7.22. The van der Waals surface area contributed by atoms with Gasteiger partial charge in [-0.05, 0) is 31.7 Å². The smallest absolute Gasteiger partial charge is 0.257 e. The van der Waals surface area contributed by atoms with E-state index in [1.807, 2.05) is 4.90 Å². The summed E-state index contributed by atoms with van der Waals surface area (Å²) >= 11 is 0. The number of amides is 2. The fraction of sp³-hybridized carbons (Fsp3) is 0.684. The van der Waals surface area contributed by atoms with E-state index in [-0.39, 0.29) is 17.9 Å². The molecule has 0 saturated carbocycles. The molecule has 140 valence electrons. The van der Waals surface area contributed by atoms with Crippen molar-refractivity contribution in [1.82, 2.24) is 9.80 Å². The maximum Gasteiger partial charge on any atom is 0.257 e. The molecule has 1 fully saturated rings. The number of ether oxygens (including phenoxy) is 1. The summed E-state index contributed by atoms with van der Waals surface area (Å²) in [4.78, 5) is 28.9. The zero-order chi connectivity index (χ0) is 18.1. The van der Waals surface area contributed by atoms with E-state index >= 15 is 0 Å². The van der Waals surface area contributed by atoms with Gasteiger partial charge in [0.25, 0.3) is 5.91 Å². The van der Waals surface area contributed by atoms with Gasteiger partial charge in [-0.2, -0.15) is 0 Å². The Bertz CT molecular complexity index is 518. The Labute approximate surface area is 150 Å². The number of hydrogen-bond acceptors (Lipinski definition) is 4. The lowest BCUT2D eigenvalue weighted by Crippen LogP contribution is -2.41. The molecular weight excluding hydrogens is 320 g/mol. The van der Waals surface area contributed by atoms with Crippen LogP contribution in [0.25, 0.3) is 0 Å². The molecule has 1 aromatic heterocycles. The van der Waals surface area contributed by atoms with Gasteiger partial charge in [0, 0.05) is 39.2 Å². The van der Waals surface area contributed by atoms with E-state index in [0.717, 1.165) is 45.4 Å². The molecule has 0 N–H and O–H groups in total. The molecule has 1 atom stereocenters. The molecule has 25 heavy (non-hydrogen) atoms. The molecule has 2 amide bonds. The fourth-order valence-corrected chi connectivity index (χ4v) is 3.17. The van der Waals surface area contributed by atoms with E-state index < -0.39 is 0 Å². The largest absolute Gasteiger partial charge is 0.472 e. The first-order valence-corrected chi connectivity index (χ1v) is 9.36. The van der Waals surface area contributed by atoms with E-state index in [0.29, 0.717) is 25.1 Å². The molecule has 6 nitrogen and oxygen atoms in total. The first-order chi connectivity index (χ1) is 12.2. The molecule has 0 aliphatic carbocycles. The highest BCUT2D eigenvalue weighted by Crippen LogP contribution is 2.16. The van der Waals surface area contributed by atoms with Gasteiger partial charge in [-0.3, -0.25) is 9.59 Å². The fourth-order valence-electron chi connectivity index (χ4n) is 3.17. The zero-order valence-electron chi connectivity index (χ0n) is 15.4. The Morgan fingerprint density at radius 3 is 2.48 bits per heavy atom. The van der Waals surface area contributed by atoms with Crippen LogP contribution in [0, 0.1) is 0 Å². The normalized spacial score (nSPS) is 16.8. The molecule has 1 aromatic rings. The molecular formula is C19H30N2O4. The standard InChI is InChI=1S/C19H30N2O4/c1-3-9-20(10-4-2)18(22)7-11-21(14-17-6-5-12-25-17)19(23)16-8-13-24-15-16/h8,13,15,17H,3-7,9-12,14H2,1-2H3. The molecule has 0 spiro atoms. The maximum atomic E-state index is 12.7. The molecule has 1 unspecified atom stereocenters. The van der Waals surface area contributed by atoms with Crippen LogP contribution in [-0.4, -0.2) is 60.5 Å². The third-order valence-electron chi connectivity index (χ3n) is 4.44. The Kier molecular flexibility index (Phi) is 7.98. The number of rotatable bonds is 10. The first-order valence-electron chi connectivity index (χ1n) is 9.36. The van der Waals surface area contributed by atoms with Crippen LogP contribution in [0.1, 0.15) is 56.3 Å². The Balaban J connectivity index is 1.97. The minimum Gasteiger partial charge on any atom is -0.472 e. The Morgan fingerprint density at radius 2 is 1.92 bits per heavy atom. The van der Waals surface area contributed by atoms with Gasteiger partial charge in [-0.15, -0.1) is 0 Å². The molecule has 0 radical (unpaired) electrons. The van der Waals surface area contributed by atoms with Gasteiger partial charge in [0.1, 0.15) is 6.26 Å². The summed E-state index contributed by atoms with van der Waals surface area (Å²) in [6, 6.07) is 1.66. The van der Waals surface area contributed by atoms with Crippen molar-refractivity contribution in [2.75, 3.05) is 32.8 Å². The summed E-state index contributed by atoms with van der Waals surface area (Å²) in [5.41, 5.74) is 0.518. The van der Waals surface area contributed by atoms with Gasteiger partial charge in [0.2, 0.25) is 5.91 Å². The molecule has 0 aromatic carbocycles. The third kappa shape index (κ3) is 5.88. The van der Waals surface area contributed by atoms with Crippen LogP contribution in [0.4, 0.5) is 0 Å². The topological polar surface area (TPSA) is 63.0 Å². The monoisotopic (exact) mass is 350 g/mol. The highest BCUT2D eigenvalue weighted by atomic mass is 16.5. The van der Waals surface area contributed by atoms with Gasteiger partial charge < -0.3 is 19.0 Å². The van der Waals surface area contributed by atoms with Crippen molar-refractivity contribution in [1.29, 1.82) is 0 Å². The van der Waals surface area contributed by atoms with Crippen LogP contribution in [0.15, 0.2) is 23.0 Å². The predicted octanol–water partition coefficient (Wildman–Crippen LogP) is 2.94. The average molecular weight is 350 g/mol. The van der Waals surface area contributed by atoms with Gasteiger partial charge in [-0.1, -0.05) is 13.8 Å². The molecule has 1 aliphatic rings. The lowest BCUT2D eigenvalue weighted by molar-refractivity contribution is -0.131. The summed E-state index contributed by atoms with van der Waals surface area (Å²) in [5.74, 6) is 0.00983. The zero-order valence-corrected chi connectivity index (χ0v) is 15.4. The van der Waals surface area contributed by atoms with E-state index in [9.17, 15) is 9.59 Å². The summed E-state index contributed by atoms with van der Waals surface area (Å²) in [7, 11) is 0. The first kappa shape index (κ1) is 19.5. The van der Waals surface area contributed by atoms with Crippen molar-refractivity contribution in [2.24, 2.45) is 0 Å². The Hall–Kier alpha value is -1.82. The molecule has 2 heterocycles. The summed E-state index contributed by atoms with van der Waals surface area (Å²) in [5, 5.41) is 0. The van der Waals surface area contributed by atoms with Gasteiger partial charge in [-0.25, -0.2) is 0 Å².